The number of hydrogen-bond acceptors (Lipinski definition) is 8. The van der Waals surface area contributed by atoms with E-state index in [9.17, 15) is 18.3 Å². The van der Waals surface area contributed by atoms with Crippen LogP contribution in [0.1, 0.15) is 37.7 Å². The van der Waals surface area contributed by atoms with Crippen molar-refractivity contribution in [3.63, 3.8) is 0 Å². The van der Waals surface area contributed by atoms with E-state index in [0.29, 0.717) is 37.5 Å². The van der Waals surface area contributed by atoms with Crippen LogP contribution in [0.2, 0.25) is 0 Å². The molecule has 0 radical (unpaired) electrons. The Bertz CT molecular complexity index is 1240. The SMILES string of the molecule is COc1ccc(S(=O)(=O)N(C[C@@H](O)[C@@H](CC(=O)OC2CC3CCO[C@@H]3C2)Cc2ccccc2)C2CCN(C)C2)cc1. The third-order valence-corrected chi connectivity index (χ3v) is 10.8. The molecule has 41 heavy (non-hydrogen) atoms. The largest absolute Gasteiger partial charge is 0.497 e. The lowest BCUT2D eigenvalue weighted by atomic mass is 9.90. The lowest BCUT2D eigenvalue weighted by molar-refractivity contribution is -0.151. The van der Waals surface area contributed by atoms with E-state index >= 15 is 0 Å². The number of rotatable bonds is 12. The topological polar surface area (TPSA) is 106 Å². The molecule has 0 bridgehead atoms. The predicted molar refractivity (Wildman–Crippen MR) is 154 cm³/mol. The molecule has 1 saturated carbocycles. The van der Waals surface area contributed by atoms with Gasteiger partial charge in [0.05, 0.1) is 30.6 Å². The number of aliphatic hydroxyl groups is 1. The highest BCUT2D eigenvalue weighted by Gasteiger charge is 2.41. The van der Waals surface area contributed by atoms with Gasteiger partial charge in [-0.3, -0.25) is 4.79 Å². The molecule has 3 unspecified atom stereocenters. The maximum absolute atomic E-state index is 13.9. The number of sulfonamides is 1. The Morgan fingerprint density at radius 3 is 2.54 bits per heavy atom. The second-order valence-corrected chi connectivity index (χ2v) is 13.6. The van der Waals surface area contributed by atoms with Crippen molar-refractivity contribution in [2.24, 2.45) is 11.8 Å². The summed E-state index contributed by atoms with van der Waals surface area (Å²) in [5.74, 6) is 0.129. The van der Waals surface area contributed by atoms with Crippen LogP contribution in [0, 0.1) is 11.8 Å². The Labute approximate surface area is 243 Å². The molecule has 3 aliphatic rings. The molecule has 9 nitrogen and oxygen atoms in total. The molecule has 3 fully saturated rings. The van der Waals surface area contributed by atoms with E-state index in [-0.39, 0.29) is 42.1 Å². The van der Waals surface area contributed by atoms with Crippen LogP contribution in [0.5, 0.6) is 5.75 Å². The molecule has 2 heterocycles. The van der Waals surface area contributed by atoms with E-state index in [4.69, 9.17) is 14.2 Å². The highest BCUT2D eigenvalue weighted by Crippen LogP contribution is 2.37. The van der Waals surface area contributed by atoms with E-state index in [2.05, 4.69) is 4.90 Å². The van der Waals surface area contributed by atoms with Gasteiger partial charge in [-0.25, -0.2) is 8.42 Å². The molecule has 1 aliphatic carbocycles. The van der Waals surface area contributed by atoms with Gasteiger partial charge in [0, 0.05) is 38.1 Å². The van der Waals surface area contributed by atoms with Crippen LogP contribution < -0.4 is 4.74 Å². The molecule has 2 aromatic rings. The van der Waals surface area contributed by atoms with Gasteiger partial charge in [-0.05, 0) is 75.0 Å². The zero-order valence-electron chi connectivity index (χ0n) is 23.9. The van der Waals surface area contributed by atoms with Gasteiger partial charge in [0.25, 0.3) is 0 Å². The number of ether oxygens (including phenoxy) is 3. The summed E-state index contributed by atoms with van der Waals surface area (Å²) in [6.45, 7) is 2.00. The zero-order valence-corrected chi connectivity index (χ0v) is 24.7. The second-order valence-electron chi connectivity index (χ2n) is 11.7. The molecule has 2 aromatic carbocycles. The maximum atomic E-state index is 13.9. The molecular weight excluding hydrogens is 544 g/mol. The number of methoxy groups -OCH3 is 1. The lowest BCUT2D eigenvalue weighted by Crippen LogP contribution is -2.47. The molecule has 0 amide bonds. The fourth-order valence-corrected chi connectivity index (χ4v) is 8.19. The zero-order chi connectivity index (χ0) is 29.0. The summed E-state index contributed by atoms with van der Waals surface area (Å²) in [5, 5.41) is 11.6. The van der Waals surface area contributed by atoms with E-state index in [1.807, 2.05) is 37.4 Å². The van der Waals surface area contributed by atoms with Gasteiger partial charge in [0.15, 0.2) is 0 Å². The van der Waals surface area contributed by atoms with Gasteiger partial charge < -0.3 is 24.2 Å². The first-order chi connectivity index (χ1) is 19.7. The lowest BCUT2D eigenvalue weighted by Gasteiger charge is -2.33. The van der Waals surface area contributed by atoms with Gasteiger partial charge >= 0.3 is 5.97 Å². The molecule has 1 N–H and O–H groups in total. The van der Waals surface area contributed by atoms with Crippen LogP contribution >= 0.6 is 0 Å². The first kappa shape index (κ1) is 30.0. The highest BCUT2D eigenvalue weighted by molar-refractivity contribution is 7.89. The highest BCUT2D eigenvalue weighted by atomic mass is 32.2. The van der Waals surface area contributed by atoms with E-state index in [0.717, 1.165) is 31.6 Å². The predicted octanol–water partition coefficient (Wildman–Crippen LogP) is 3.11. The number of esters is 1. The number of likely N-dealkylation sites (N-methyl/N-ethyl adjacent to an activating group) is 1. The quantitative estimate of drug-likeness (QED) is 0.379. The number of nitrogens with zero attached hydrogens (tertiary/aromatic N) is 2. The Hall–Kier alpha value is -2.50. The summed E-state index contributed by atoms with van der Waals surface area (Å²) in [4.78, 5) is 15.4. The average Bonchev–Trinajstić information content (AvgIpc) is 3.68. The maximum Gasteiger partial charge on any atom is 0.306 e. The molecule has 0 spiro atoms. The summed E-state index contributed by atoms with van der Waals surface area (Å²) in [5.41, 5.74) is 0.971. The number of likely N-dealkylation sites (tertiary alicyclic amines) is 1. The smallest absolute Gasteiger partial charge is 0.306 e. The number of hydrogen-bond donors (Lipinski definition) is 1. The third kappa shape index (κ3) is 7.29. The summed E-state index contributed by atoms with van der Waals surface area (Å²) in [6.07, 6.45) is 2.54. The van der Waals surface area contributed by atoms with E-state index < -0.39 is 22.0 Å². The number of fused-ring (bicyclic) bond motifs is 1. The molecule has 6 atom stereocenters. The average molecular weight is 587 g/mol. The van der Waals surface area contributed by atoms with Gasteiger partial charge in [-0.2, -0.15) is 4.31 Å². The summed E-state index contributed by atoms with van der Waals surface area (Å²) in [6, 6.07) is 15.7. The minimum absolute atomic E-state index is 0.00371. The van der Waals surface area contributed by atoms with Gasteiger partial charge in [-0.1, -0.05) is 30.3 Å². The van der Waals surface area contributed by atoms with Crippen molar-refractivity contribution >= 4 is 16.0 Å². The van der Waals surface area contributed by atoms with Crippen LogP contribution in [0.3, 0.4) is 0 Å². The Balaban J connectivity index is 1.34. The van der Waals surface area contributed by atoms with Crippen molar-refractivity contribution in [2.45, 2.75) is 67.8 Å². The molecule has 2 aliphatic heterocycles. The fourth-order valence-electron chi connectivity index (χ4n) is 6.53. The van der Waals surface area contributed by atoms with Crippen molar-refractivity contribution in [1.29, 1.82) is 0 Å². The van der Waals surface area contributed by atoms with Crippen LogP contribution in [-0.2, 0) is 30.7 Å². The molecule has 224 valence electrons. The summed E-state index contributed by atoms with van der Waals surface area (Å²) >= 11 is 0. The van der Waals surface area contributed by atoms with Gasteiger partial charge in [0.2, 0.25) is 10.0 Å². The Kier molecular flexibility index (Phi) is 9.66. The molecule has 0 aromatic heterocycles. The number of carbonyl (C=O) groups excluding carboxylic acids is 1. The summed E-state index contributed by atoms with van der Waals surface area (Å²) in [7, 11) is -0.434. The number of benzene rings is 2. The Morgan fingerprint density at radius 2 is 1.88 bits per heavy atom. The van der Waals surface area contributed by atoms with Gasteiger partial charge in [-0.15, -0.1) is 0 Å². The van der Waals surface area contributed by atoms with Crippen molar-refractivity contribution < 1.29 is 32.5 Å². The van der Waals surface area contributed by atoms with Crippen molar-refractivity contribution in [3.8, 4) is 5.75 Å². The van der Waals surface area contributed by atoms with E-state index in [1.165, 1.54) is 23.5 Å². The minimum Gasteiger partial charge on any atom is -0.497 e. The van der Waals surface area contributed by atoms with Crippen LogP contribution in [0.25, 0.3) is 0 Å². The first-order valence-corrected chi connectivity index (χ1v) is 16.0. The van der Waals surface area contributed by atoms with Crippen LogP contribution in [0.15, 0.2) is 59.5 Å². The summed E-state index contributed by atoms with van der Waals surface area (Å²) < 4.78 is 46.2. The molecule has 5 rings (SSSR count). The number of carbonyl (C=O) groups is 1. The monoisotopic (exact) mass is 586 g/mol. The Morgan fingerprint density at radius 1 is 1.12 bits per heavy atom. The fraction of sp³-hybridized carbons (Fsp3) is 0.581. The number of aliphatic hydroxyl groups excluding tert-OH is 1. The molecular formula is C31H42N2O7S. The third-order valence-electron chi connectivity index (χ3n) is 8.83. The van der Waals surface area contributed by atoms with Crippen molar-refractivity contribution in [2.75, 3.05) is 40.4 Å². The minimum atomic E-state index is -3.93. The second kappa shape index (κ2) is 13.2. The van der Waals surface area contributed by atoms with Crippen molar-refractivity contribution in [3.05, 3.63) is 60.2 Å². The molecule has 2 saturated heterocycles. The van der Waals surface area contributed by atoms with E-state index in [1.54, 1.807) is 12.1 Å². The van der Waals surface area contributed by atoms with Crippen molar-refractivity contribution in [1.82, 2.24) is 9.21 Å². The van der Waals surface area contributed by atoms with Crippen LogP contribution in [-0.4, -0.2) is 93.5 Å². The van der Waals surface area contributed by atoms with Crippen LogP contribution in [0.4, 0.5) is 0 Å². The van der Waals surface area contributed by atoms with Gasteiger partial charge in [0.1, 0.15) is 11.9 Å². The first-order valence-electron chi connectivity index (χ1n) is 14.6. The normalized spacial score (nSPS) is 26.1. The standard InChI is InChI=1S/C31H42N2O7S/c1-32-14-12-25(20-32)33(41(36,37)28-10-8-26(38-2)9-11-28)21-29(34)24(16-22-6-4-3-5-7-22)18-31(35)40-27-17-23-13-15-39-30(23)19-27/h3-11,23-25,27,29-30,34H,12-21H2,1-2H3/t23?,24-,25?,27?,29-,30-/m1/s1. The molecule has 10 heteroatoms.